The van der Waals surface area contributed by atoms with Crippen molar-refractivity contribution in [3.63, 3.8) is 0 Å². The number of benzene rings is 1. The molecule has 2 aromatic rings. The predicted molar refractivity (Wildman–Crippen MR) is 92.8 cm³/mol. The fourth-order valence-electron chi connectivity index (χ4n) is 3.54. The van der Waals surface area contributed by atoms with E-state index < -0.39 is 0 Å². The third kappa shape index (κ3) is 3.54. The molecule has 3 N–H and O–H groups in total. The monoisotopic (exact) mass is 334 g/mol. The number of hydrogen-bond donors (Lipinski definition) is 3. The maximum absolute atomic E-state index is 12.6. The van der Waals surface area contributed by atoms with E-state index >= 15 is 0 Å². The van der Waals surface area contributed by atoms with Crippen molar-refractivity contribution in [1.29, 1.82) is 0 Å². The van der Waals surface area contributed by atoms with Gasteiger partial charge < -0.3 is 15.4 Å². The van der Waals surface area contributed by atoms with Gasteiger partial charge >= 0.3 is 0 Å². The highest BCUT2D eigenvalue weighted by atomic mass is 35.5. The molecule has 0 radical (unpaired) electrons. The summed E-state index contributed by atoms with van der Waals surface area (Å²) < 4.78 is 0. The van der Waals surface area contributed by atoms with E-state index in [2.05, 4.69) is 10.3 Å². The van der Waals surface area contributed by atoms with Gasteiger partial charge in [0, 0.05) is 17.1 Å². The number of H-pyrrole nitrogens is 1. The first kappa shape index (κ1) is 16.3. The Morgan fingerprint density at radius 3 is 2.70 bits per heavy atom. The molecule has 1 unspecified atom stereocenters. The molecule has 1 amide bonds. The number of nitrogens with one attached hydrogen (secondary N) is 2. The molecule has 1 fully saturated rings. The van der Waals surface area contributed by atoms with Gasteiger partial charge in [-0.2, -0.15) is 0 Å². The summed E-state index contributed by atoms with van der Waals surface area (Å²) in [5, 5.41) is 14.0. The van der Waals surface area contributed by atoms with E-state index in [1.54, 1.807) is 12.3 Å². The molecule has 124 valence electrons. The minimum absolute atomic E-state index is 0.0274. The van der Waals surface area contributed by atoms with Gasteiger partial charge in [0.15, 0.2) is 0 Å². The van der Waals surface area contributed by atoms with Crippen molar-refractivity contribution in [3.8, 4) is 0 Å². The predicted octanol–water partition coefficient (Wildman–Crippen LogP) is 3.88. The summed E-state index contributed by atoms with van der Waals surface area (Å²) in [5.74, 6) is 0.141. The number of halogens is 1. The van der Waals surface area contributed by atoms with Gasteiger partial charge in [-0.15, -0.1) is 0 Å². The van der Waals surface area contributed by atoms with Crippen LogP contribution >= 0.6 is 11.6 Å². The minimum atomic E-state index is -0.207. The fourth-order valence-corrected chi connectivity index (χ4v) is 3.86. The molecule has 1 saturated carbocycles. The van der Waals surface area contributed by atoms with Crippen LogP contribution in [0, 0.1) is 5.92 Å². The van der Waals surface area contributed by atoms with Crippen LogP contribution in [0.15, 0.2) is 24.4 Å². The molecule has 5 heteroatoms. The Morgan fingerprint density at radius 1 is 1.26 bits per heavy atom. The summed E-state index contributed by atoms with van der Waals surface area (Å²) >= 11 is 6.37. The van der Waals surface area contributed by atoms with Crippen molar-refractivity contribution in [2.24, 2.45) is 5.92 Å². The lowest BCUT2D eigenvalue weighted by Crippen LogP contribution is -2.43. The second-order valence-corrected chi connectivity index (χ2v) is 6.76. The number of aromatic amines is 1. The highest BCUT2D eigenvalue weighted by molar-refractivity contribution is 6.38. The Morgan fingerprint density at radius 2 is 2.00 bits per heavy atom. The van der Waals surface area contributed by atoms with E-state index in [-0.39, 0.29) is 18.6 Å². The largest absolute Gasteiger partial charge is 0.394 e. The molecule has 1 aromatic heterocycles. The molecule has 4 nitrogen and oxygen atoms in total. The summed E-state index contributed by atoms with van der Waals surface area (Å²) in [4.78, 5) is 15.7. The summed E-state index contributed by atoms with van der Waals surface area (Å²) in [6.07, 6.45) is 8.78. The van der Waals surface area contributed by atoms with Crippen LogP contribution in [0.1, 0.15) is 48.9 Å². The van der Waals surface area contributed by atoms with Crippen molar-refractivity contribution < 1.29 is 9.90 Å². The van der Waals surface area contributed by atoms with Crippen LogP contribution in [-0.2, 0) is 0 Å². The highest BCUT2D eigenvalue weighted by Crippen LogP contribution is 2.28. The minimum Gasteiger partial charge on any atom is -0.394 e. The molecule has 1 aromatic carbocycles. The van der Waals surface area contributed by atoms with Gasteiger partial charge in [0.1, 0.15) is 0 Å². The summed E-state index contributed by atoms with van der Waals surface area (Å²) in [6, 6.07) is 5.26. The van der Waals surface area contributed by atoms with E-state index in [1.807, 2.05) is 12.1 Å². The zero-order chi connectivity index (χ0) is 16.2. The maximum atomic E-state index is 12.6. The van der Waals surface area contributed by atoms with Crippen molar-refractivity contribution in [3.05, 3.63) is 35.0 Å². The summed E-state index contributed by atoms with van der Waals surface area (Å²) in [5.41, 5.74) is 1.37. The Kier molecular flexibility index (Phi) is 5.23. The lowest BCUT2D eigenvalue weighted by Gasteiger charge is -2.25. The fraction of sp³-hybridized carbons (Fsp3) is 0.500. The van der Waals surface area contributed by atoms with Crippen molar-refractivity contribution in [2.75, 3.05) is 6.61 Å². The van der Waals surface area contributed by atoms with Crippen LogP contribution in [-0.4, -0.2) is 28.6 Å². The van der Waals surface area contributed by atoms with Gasteiger partial charge in [-0.05, 0) is 37.0 Å². The van der Waals surface area contributed by atoms with E-state index in [9.17, 15) is 9.90 Å². The number of rotatable bonds is 4. The standard InChI is InChI=1S/C18H23ClN2O2/c19-17-13-9-10-20-15(13)8-7-14(17)18(23)21-16(11-22)12-5-3-1-2-4-6-12/h7-10,12,16,20,22H,1-6,11H2,(H,21,23). The smallest absolute Gasteiger partial charge is 0.253 e. The Bertz CT molecular complexity index is 675. The Labute approximate surface area is 141 Å². The van der Waals surface area contributed by atoms with E-state index in [1.165, 1.54) is 25.7 Å². The first-order valence-electron chi connectivity index (χ1n) is 8.38. The first-order chi connectivity index (χ1) is 11.2. The lowest BCUT2D eigenvalue weighted by atomic mass is 9.92. The molecular weight excluding hydrogens is 312 g/mol. The molecule has 1 heterocycles. The van der Waals surface area contributed by atoms with Crippen LogP contribution in [0.5, 0.6) is 0 Å². The molecule has 3 rings (SSSR count). The number of aliphatic hydroxyl groups excluding tert-OH is 1. The van der Waals surface area contributed by atoms with E-state index in [4.69, 9.17) is 11.6 Å². The quantitative estimate of drug-likeness (QED) is 0.743. The van der Waals surface area contributed by atoms with Gasteiger partial charge in [0.2, 0.25) is 0 Å². The maximum Gasteiger partial charge on any atom is 0.253 e. The van der Waals surface area contributed by atoms with Gasteiger partial charge in [0.05, 0.1) is 23.2 Å². The molecular formula is C18H23ClN2O2. The van der Waals surface area contributed by atoms with E-state index in [0.717, 1.165) is 23.7 Å². The zero-order valence-corrected chi connectivity index (χ0v) is 13.9. The molecule has 1 aliphatic rings. The second kappa shape index (κ2) is 7.37. The Balaban J connectivity index is 1.76. The van der Waals surface area contributed by atoms with Gasteiger partial charge in [0.25, 0.3) is 5.91 Å². The normalized spacial score (nSPS) is 17.8. The number of aromatic nitrogens is 1. The first-order valence-corrected chi connectivity index (χ1v) is 8.76. The molecule has 1 aliphatic carbocycles. The number of amides is 1. The van der Waals surface area contributed by atoms with Crippen molar-refractivity contribution in [2.45, 2.75) is 44.6 Å². The van der Waals surface area contributed by atoms with Gasteiger partial charge in [-0.25, -0.2) is 0 Å². The van der Waals surface area contributed by atoms with Crippen LogP contribution in [0.25, 0.3) is 10.9 Å². The molecule has 23 heavy (non-hydrogen) atoms. The van der Waals surface area contributed by atoms with Gasteiger partial charge in [-0.3, -0.25) is 4.79 Å². The number of aliphatic hydroxyl groups is 1. The Hall–Kier alpha value is -1.52. The second-order valence-electron chi connectivity index (χ2n) is 6.38. The van der Waals surface area contributed by atoms with E-state index in [0.29, 0.717) is 16.5 Å². The average Bonchev–Trinajstić information content (AvgIpc) is 2.88. The SMILES string of the molecule is O=C(NC(CO)C1CCCCCC1)c1ccc2[nH]ccc2c1Cl. The molecule has 1 atom stereocenters. The molecule has 0 aliphatic heterocycles. The molecule has 0 saturated heterocycles. The van der Waals surface area contributed by atoms with Gasteiger partial charge in [-0.1, -0.05) is 37.3 Å². The average molecular weight is 335 g/mol. The number of carbonyl (C=O) groups is 1. The van der Waals surface area contributed by atoms with Crippen LogP contribution in [0.2, 0.25) is 5.02 Å². The summed E-state index contributed by atoms with van der Waals surface area (Å²) in [6.45, 7) is -0.0274. The topological polar surface area (TPSA) is 65.1 Å². The third-order valence-corrected chi connectivity index (χ3v) is 5.30. The number of carbonyl (C=O) groups excluding carboxylic acids is 1. The van der Waals surface area contributed by atoms with Crippen LogP contribution < -0.4 is 5.32 Å². The zero-order valence-electron chi connectivity index (χ0n) is 13.1. The third-order valence-electron chi connectivity index (χ3n) is 4.90. The van der Waals surface area contributed by atoms with Crippen LogP contribution in [0.3, 0.4) is 0 Å². The van der Waals surface area contributed by atoms with Crippen molar-refractivity contribution in [1.82, 2.24) is 10.3 Å². The lowest BCUT2D eigenvalue weighted by molar-refractivity contribution is 0.0882. The summed E-state index contributed by atoms with van der Waals surface area (Å²) in [7, 11) is 0. The van der Waals surface area contributed by atoms with Crippen LogP contribution in [0.4, 0.5) is 0 Å². The number of fused-ring (bicyclic) bond motifs is 1. The molecule has 0 bridgehead atoms. The van der Waals surface area contributed by atoms with Crippen molar-refractivity contribution >= 4 is 28.4 Å². The highest BCUT2D eigenvalue weighted by Gasteiger charge is 2.25. The molecule has 0 spiro atoms. The number of hydrogen-bond acceptors (Lipinski definition) is 2.